The normalized spacial score (nSPS) is 36.0. The smallest absolute Gasteiger partial charge is 0.247 e. The van der Waals surface area contributed by atoms with Crippen LogP contribution in [0.3, 0.4) is 0 Å². The monoisotopic (exact) mass is 170 g/mol. The number of amides is 1. The molecule has 1 saturated heterocycles. The van der Waals surface area contributed by atoms with Crippen molar-refractivity contribution in [2.75, 3.05) is 5.75 Å². The lowest BCUT2D eigenvalue weighted by molar-refractivity contribution is -0.140. The van der Waals surface area contributed by atoms with Gasteiger partial charge >= 0.3 is 0 Å². The second-order valence-electron chi connectivity index (χ2n) is 2.95. The van der Waals surface area contributed by atoms with Gasteiger partial charge < -0.3 is 10.6 Å². The van der Waals surface area contributed by atoms with Crippen LogP contribution in [0.4, 0.5) is 0 Å². The second kappa shape index (κ2) is 2.25. The van der Waals surface area contributed by atoms with E-state index in [1.807, 2.05) is 13.1 Å². The fraction of sp³-hybridized carbons (Fsp3) is 0.571. The molecule has 0 spiro atoms. The first-order valence-electron chi connectivity index (χ1n) is 3.57. The van der Waals surface area contributed by atoms with Crippen LogP contribution in [0.15, 0.2) is 11.8 Å². The highest BCUT2D eigenvalue weighted by Gasteiger charge is 2.45. The van der Waals surface area contributed by atoms with E-state index in [1.54, 1.807) is 16.7 Å². The first-order valence-corrected chi connectivity index (χ1v) is 4.61. The summed E-state index contributed by atoms with van der Waals surface area (Å²) in [4.78, 5) is 12.8. The number of carbonyl (C=O) groups excluding carboxylic acids is 1. The van der Waals surface area contributed by atoms with Crippen molar-refractivity contribution in [1.29, 1.82) is 0 Å². The molecule has 0 aromatic heterocycles. The minimum Gasteiger partial charge on any atom is -0.317 e. The number of rotatable bonds is 0. The lowest BCUT2D eigenvalue weighted by atomic mass is 10.1. The summed E-state index contributed by atoms with van der Waals surface area (Å²) in [7, 11) is 0. The first kappa shape index (κ1) is 7.18. The summed E-state index contributed by atoms with van der Waals surface area (Å²) in [6, 6.07) is -0.260. The molecule has 3 nitrogen and oxygen atoms in total. The average molecular weight is 170 g/mol. The zero-order chi connectivity index (χ0) is 8.01. The zero-order valence-corrected chi connectivity index (χ0v) is 7.10. The Morgan fingerprint density at radius 3 is 3.27 bits per heavy atom. The van der Waals surface area contributed by atoms with E-state index in [-0.39, 0.29) is 17.3 Å². The van der Waals surface area contributed by atoms with Crippen molar-refractivity contribution in [3.8, 4) is 0 Å². The Kier molecular flexibility index (Phi) is 1.47. The first-order chi connectivity index (χ1) is 5.20. The summed E-state index contributed by atoms with van der Waals surface area (Å²) in [5.41, 5.74) is 6.82. The van der Waals surface area contributed by atoms with Crippen molar-refractivity contribution in [2.45, 2.75) is 18.3 Å². The van der Waals surface area contributed by atoms with Gasteiger partial charge in [-0.3, -0.25) is 4.79 Å². The number of hydrogen-bond donors (Lipinski definition) is 1. The molecule has 1 amide bonds. The second-order valence-corrected chi connectivity index (χ2v) is 4.05. The average Bonchev–Trinajstić information content (AvgIpc) is 2.03. The standard InChI is InChI=1S/C7H10N2OS/c1-4-2-9-6(10)5(8)7(9)11-3-4/h2,5,7H,3,8H2,1H3/t5-,7+/m1/s1. The van der Waals surface area contributed by atoms with Crippen molar-refractivity contribution in [1.82, 2.24) is 4.90 Å². The predicted molar refractivity (Wildman–Crippen MR) is 44.8 cm³/mol. The van der Waals surface area contributed by atoms with E-state index in [0.717, 1.165) is 5.75 Å². The van der Waals surface area contributed by atoms with E-state index in [9.17, 15) is 4.79 Å². The molecule has 0 unspecified atom stereocenters. The third-order valence-electron chi connectivity index (χ3n) is 1.96. The van der Waals surface area contributed by atoms with Crippen LogP contribution in [-0.2, 0) is 4.79 Å². The van der Waals surface area contributed by atoms with Gasteiger partial charge in [-0.05, 0) is 12.5 Å². The van der Waals surface area contributed by atoms with E-state index >= 15 is 0 Å². The van der Waals surface area contributed by atoms with Crippen molar-refractivity contribution in [2.24, 2.45) is 5.73 Å². The molecule has 0 radical (unpaired) electrons. The number of nitrogens with zero attached hydrogens (tertiary/aromatic N) is 1. The van der Waals surface area contributed by atoms with Gasteiger partial charge in [-0.1, -0.05) is 0 Å². The van der Waals surface area contributed by atoms with Crippen LogP contribution in [-0.4, -0.2) is 28.0 Å². The Labute approximate surface area is 69.6 Å². The van der Waals surface area contributed by atoms with Crippen LogP contribution in [0, 0.1) is 0 Å². The van der Waals surface area contributed by atoms with Gasteiger partial charge in [0.2, 0.25) is 5.91 Å². The molecule has 0 bridgehead atoms. The Morgan fingerprint density at radius 2 is 2.55 bits per heavy atom. The molecule has 4 heteroatoms. The van der Waals surface area contributed by atoms with Crippen LogP contribution in [0.2, 0.25) is 0 Å². The van der Waals surface area contributed by atoms with Crippen molar-refractivity contribution in [3.05, 3.63) is 11.8 Å². The van der Waals surface area contributed by atoms with Gasteiger partial charge in [-0.15, -0.1) is 11.8 Å². The van der Waals surface area contributed by atoms with E-state index in [1.165, 1.54) is 5.57 Å². The number of nitrogens with two attached hydrogens (primary N) is 1. The molecule has 2 heterocycles. The molecule has 11 heavy (non-hydrogen) atoms. The molecular formula is C7H10N2OS. The summed E-state index contributed by atoms with van der Waals surface area (Å²) < 4.78 is 0. The van der Waals surface area contributed by atoms with Crippen LogP contribution in [0.5, 0.6) is 0 Å². The van der Waals surface area contributed by atoms with Gasteiger partial charge in [0.05, 0.1) is 0 Å². The minimum atomic E-state index is -0.260. The van der Waals surface area contributed by atoms with Crippen LogP contribution in [0.1, 0.15) is 6.92 Å². The zero-order valence-electron chi connectivity index (χ0n) is 6.28. The Hall–Kier alpha value is -0.480. The van der Waals surface area contributed by atoms with Crippen LogP contribution >= 0.6 is 11.8 Å². The number of carbonyl (C=O) groups is 1. The van der Waals surface area contributed by atoms with Gasteiger partial charge in [0, 0.05) is 12.0 Å². The lowest BCUT2D eigenvalue weighted by Gasteiger charge is -2.45. The molecule has 2 atom stereocenters. The van der Waals surface area contributed by atoms with Crippen LogP contribution < -0.4 is 5.73 Å². The number of hydrogen-bond acceptors (Lipinski definition) is 3. The van der Waals surface area contributed by atoms with Gasteiger partial charge in [0.15, 0.2) is 0 Å². The van der Waals surface area contributed by atoms with Gasteiger partial charge in [-0.2, -0.15) is 0 Å². The molecule has 2 aliphatic heterocycles. The van der Waals surface area contributed by atoms with Crippen molar-refractivity contribution < 1.29 is 4.79 Å². The lowest BCUT2D eigenvalue weighted by Crippen LogP contribution is -2.65. The fourth-order valence-electron chi connectivity index (χ4n) is 1.32. The molecule has 0 aromatic carbocycles. The van der Waals surface area contributed by atoms with E-state index in [2.05, 4.69) is 0 Å². The quantitative estimate of drug-likeness (QED) is 0.526. The summed E-state index contributed by atoms with van der Waals surface area (Å²) in [6.07, 6.45) is 1.91. The maximum absolute atomic E-state index is 11.1. The predicted octanol–water partition coefficient (Wildman–Crippen LogP) is 0.133. The largest absolute Gasteiger partial charge is 0.317 e. The van der Waals surface area contributed by atoms with E-state index < -0.39 is 0 Å². The molecule has 2 N–H and O–H groups in total. The Morgan fingerprint density at radius 1 is 1.82 bits per heavy atom. The van der Waals surface area contributed by atoms with Gasteiger partial charge in [0.1, 0.15) is 11.4 Å². The highest BCUT2D eigenvalue weighted by atomic mass is 32.2. The Bertz CT molecular complexity index is 239. The Balaban J connectivity index is 2.20. The number of β-lactam (4-membered cyclic amide) rings is 1. The maximum Gasteiger partial charge on any atom is 0.247 e. The molecule has 60 valence electrons. The number of fused-ring (bicyclic) bond motifs is 1. The molecule has 0 aromatic rings. The summed E-state index contributed by atoms with van der Waals surface area (Å²) >= 11 is 1.74. The highest BCUT2D eigenvalue weighted by molar-refractivity contribution is 8.00. The number of thioether (sulfide) groups is 1. The third kappa shape index (κ3) is 0.895. The maximum atomic E-state index is 11.1. The van der Waals surface area contributed by atoms with Crippen molar-refractivity contribution >= 4 is 17.7 Å². The molecule has 1 fully saturated rings. The summed E-state index contributed by atoms with van der Waals surface area (Å²) in [5.74, 6) is 1.06. The summed E-state index contributed by atoms with van der Waals surface area (Å²) in [6.45, 7) is 2.03. The molecular weight excluding hydrogens is 160 g/mol. The highest BCUT2D eigenvalue weighted by Crippen LogP contribution is 2.34. The van der Waals surface area contributed by atoms with E-state index in [0.29, 0.717) is 0 Å². The fourth-order valence-corrected chi connectivity index (χ4v) is 2.48. The van der Waals surface area contributed by atoms with Gasteiger partial charge in [-0.25, -0.2) is 0 Å². The molecule has 2 rings (SSSR count). The van der Waals surface area contributed by atoms with Crippen LogP contribution in [0.25, 0.3) is 0 Å². The SMILES string of the molecule is CC1=CN2C(=O)[C@@H](N)[C@@H]2SC1. The summed E-state index contributed by atoms with van der Waals surface area (Å²) in [5, 5.41) is 0.214. The molecule has 0 saturated carbocycles. The third-order valence-corrected chi connectivity index (χ3v) is 3.45. The molecule has 2 aliphatic rings. The topological polar surface area (TPSA) is 46.3 Å². The molecule has 0 aliphatic carbocycles. The van der Waals surface area contributed by atoms with Gasteiger partial charge in [0.25, 0.3) is 0 Å². The van der Waals surface area contributed by atoms with E-state index in [4.69, 9.17) is 5.73 Å². The van der Waals surface area contributed by atoms with Crippen molar-refractivity contribution in [3.63, 3.8) is 0 Å². The minimum absolute atomic E-state index is 0.0570.